The van der Waals surface area contributed by atoms with Crippen LogP contribution < -0.4 is 0 Å². The molecule has 0 saturated heterocycles. The fourth-order valence-electron chi connectivity index (χ4n) is 13.2. The van der Waals surface area contributed by atoms with Gasteiger partial charge in [-0.05, 0) is 204 Å². The van der Waals surface area contributed by atoms with Gasteiger partial charge in [-0.3, -0.25) is 58.0 Å². The van der Waals surface area contributed by atoms with E-state index < -0.39 is 35.2 Å². The summed E-state index contributed by atoms with van der Waals surface area (Å²) in [5.41, 5.74) is 6.12. The zero-order valence-corrected chi connectivity index (χ0v) is 75.0. The number of aromatic amines is 6. The monoisotopic (exact) mass is 1940 g/mol. The van der Waals surface area contributed by atoms with Crippen LogP contribution in [0.1, 0.15) is 50.1 Å². The van der Waals surface area contributed by atoms with Gasteiger partial charge in [-0.15, -0.1) is 0 Å². The molecule has 0 fully saturated rings. The van der Waals surface area contributed by atoms with Gasteiger partial charge in [0.2, 0.25) is 0 Å². The molecule has 6 N–H and O–H groups in total. The Morgan fingerprint density at radius 1 is 0.221 bits per heavy atom. The van der Waals surface area contributed by atoms with E-state index in [0.717, 1.165) is 62.5 Å². The summed E-state index contributed by atoms with van der Waals surface area (Å²) in [5, 5.41) is 43.1. The number of hydrogen-bond acceptors (Lipinski definition) is 12. The van der Waals surface area contributed by atoms with Crippen molar-refractivity contribution in [3.63, 3.8) is 0 Å². The van der Waals surface area contributed by atoms with Crippen molar-refractivity contribution in [3.8, 4) is 68.3 Å². The highest BCUT2D eigenvalue weighted by Gasteiger charge is 2.38. The maximum absolute atomic E-state index is 13.3. The Kier molecular flexibility index (Phi) is 32.1. The molecular weight excluding hydrogens is 1880 g/mol. The van der Waals surface area contributed by atoms with Crippen molar-refractivity contribution < 1.29 is 48.3 Å². The highest BCUT2D eigenvalue weighted by atomic mass is 35.5. The van der Waals surface area contributed by atoms with Crippen LogP contribution >= 0.6 is 108 Å². The zero-order valence-electron chi connectivity index (χ0n) is 67.9. The number of nitrogens with one attached hydrogen (secondary N) is 6. The molecule has 6 aromatic heterocycles. The van der Waals surface area contributed by atoms with Crippen LogP contribution in [0.25, 0.3) is 68.3 Å². The highest BCUT2D eigenvalue weighted by Crippen LogP contribution is 2.40. The van der Waals surface area contributed by atoms with E-state index in [0.29, 0.717) is 118 Å². The molecule has 0 radical (unpaired) electrons. The Morgan fingerprint density at radius 2 is 0.466 bits per heavy atom. The molecule has 0 unspecified atom stereocenters. The van der Waals surface area contributed by atoms with Crippen molar-refractivity contribution in [1.82, 2.24) is 88.6 Å². The summed E-state index contributed by atoms with van der Waals surface area (Å²) < 4.78 is 157. The predicted molar refractivity (Wildman–Crippen MR) is 500 cm³/mol. The number of nitrogens with zero attached hydrogens (tertiary/aromatic N) is 12. The zero-order chi connectivity index (χ0) is 92.9. The van der Waals surface area contributed by atoms with Gasteiger partial charge in [-0.2, -0.15) is 70.1 Å². The topological polar surface area (TPSA) is 202 Å². The molecule has 38 heteroatoms. The maximum Gasteiger partial charge on any atom is 0.416 e. The second-order valence-electron chi connectivity index (χ2n) is 28.6. The Hall–Kier alpha value is -13.1. The molecule has 0 atom stereocenters. The van der Waals surface area contributed by atoms with E-state index >= 15 is 0 Å². The molecule has 0 spiro atoms. The molecule has 18 rings (SSSR count). The van der Waals surface area contributed by atoms with Crippen molar-refractivity contribution in [2.75, 3.05) is 0 Å². The van der Waals surface area contributed by atoms with Crippen molar-refractivity contribution in [2.24, 2.45) is 0 Å². The van der Waals surface area contributed by atoms with Gasteiger partial charge in [0.25, 0.3) is 0 Å². The van der Waals surface area contributed by atoms with E-state index in [1.807, 2.05) is 200 Å². The third kappa shape index (κ3) is 26.2. The molecule has 18 nitrogen and oxygen atoms in total. The van der Waals surface area contributed by atoms with E-state index in [9.17, 15) is 48.3 Å². The molecule has 0 bridgehead atoms. The summed E-state index contributed by atoms with van der Waals surface area (Å²) in [6.45, 7) is 3.11. The van der Waals surface area contributed by atoms with Crippen molar-refractivity contribution >= 4 is 108 Å². The Bertz CT molecular complexity index is 7050. The minimum absolute atomic E-state index is 0.0757. The lowest BCUT2D eigenvalue weighted by molar-refractivity contribution is -0.143. The highest BCUT2D eigenvalue weighted by molar-refractivity contribution is 7.72. The number of aromatic nitrogens is 18. The van der Waals surface area contributed by atoms with E-state index in [1.54, 1.807) is 65.2 Å². The van der Waals surface area contributed by atoms with Crippen molar-refractivity contribution in [1.29, 1.82) is 0 Å². The average Bonchev–Trinajstić information content (AvgIpc) is 1.67. The van der Waals surface area contributed by atoms with Gasteiger partial charge in [0, 0.05) is 48.4 Å². The molecule has 0 aliphatic rings. The summed E-state index contributed by atoms with van der Waals surface area (Å²) >= 11 is 49.6. The SMILES string of the molecule is FC(F)(F)c1cc(-c2n[nH]c(=S)n2Cc2ccccc2)cc(C(F)(F)F)c1.FC(F)(F)c1cccc(-c2n[nH]c(=S)n2Cc2ccccc2)c1.Fc1ccc(-c2n[nH]c(=S)n2Cc2ccccc2)cc1.Fc1cccc(-c2n[nH]c(=S)n2Cc2ccccc2)c1.S=c1[nH]nc(-c2cc(Cl)cc(Cl)c2)n1Cc1ccccc1.S=c1[nH]nc(-c2cccc(Cl)c2)n1Cc1ccccc1. The van der Waals surface area contributed by atoms with E-state index in [-0.39, 0.29) is 40.4 Å². The first kappa shape index (κ1) is 95.5. The quantitative estimate of drug-likeness (QED) is 0.0351. The van der Waals surface area contributed by atoms with Gasteiger partial charge in [-0.25, -0.2) is 8.78 Å². The molecule has 12 aromatic carbocycles. The van der Waals surface area contributed by atoms with Crippen molar-refractivity contribution in [2.45, 2.75) is 57.8 Å². The standard InChI is InChI=1S/C17H11F6N3S.C16H12F3N3S.C15H11Cl2N3S.C15H12ClN3S.2C15H12FN3S/c18-16(19,20)12-6-11(7-13(8-12)17(21,22)23)14-24-25-15(27)26(14)9-10-4-2-1-3-5-10;17-16(18,19)13-8-4-7-12(9-13)14-20-21-15(23)22(14)10-11-5-2-1-3-6-11;16-12-6-11(7-13(17)8-12)14-18-19-15(21)20(14)9-10-4-2-1-3-5-10;2*16-13-8-4-7-12(9-13)14-17-18-15(20)19(14)10-11-5-2-1-3-6-11;16-13-8-6-12(7-9-13)14-17-18-15(20)19(14)10-11-4-2-1-3-5-11/h1-8H,9H2,(H,25,27);1-9H,10H2,(H,21,23);1-8H,9H2,(H,19,21);3*1-9H,10H2,(H,18,20). The number of alkyl halides is 9. The van der Waals surface area contributed by atoms with Gasteiger partial charge in [-0.1, -0.05) is 253 Å². The van der Waals surface area contributed by atoms with Crippen molar-refractivity contribution in [3.05, 3.63) is 421 Å². The van der Waals surface area contributed by atoms with Crippen LogP contribution in [0, 0.1) is 40.3 Å². The Balaban J connectivity index is 0.000000134. The van der Waals surface area contributed by atoms with Crippen LogP contribution in [0.4, 0.5) is 48.3 Å². The van der Waals surface area contributed by atoms with Gasteiger partial charge in [0.1, 0.15) is 11.6 Å². The summed E-state index contributed by atoms with van der Waals surface area (Å²) in [4.78, 5) is 0. The van der Waals surface area contributed by atoms with Gasteiger partial charge in [0.05, 0.1) is 56.0 Å². The summed E-state index contributed by atoms with van der Waals surface area (Å²) in [6, 6.07) is 90.4. The second kappa shape index (κ2) is 44.0. The molecule has 131 heavy (non-hydrogen) atoms. The predicted octanol–water partition coefficient (Wildman–Crippen LogP) is 27.2. The number of rotatable bonds is 18. The summed E-state index contributed by atoms with van der Waals surface area (Å²) in [7, 11) is 0. The van der Waals surface area contributed by atoms with E-state index in [1.165, 1.54) is 40.5 Å². The van der Waals surface area contributed by atoms with E-state index in [2.05, 4.69) is 73.3 Å². The first-order valence-electron chi connectivity index (χ1n) is 39.2. The molecule has 666 valence electrons. The Morgan fingerprint density at radius 3 is 0.756 bits per heavy atom. The minimum Gasteiger partial charge on any atom is -0.296 e. The fraction of sp³-hybridized carbons (Fsp3) is 0.0968. The summed E-state index contributed by atoms with van der Waals surface area (Å²) in [5.74, 6) is 2.57. The third-order valence-corrected chi connectivity index (χ3v) is 21.9. The molecule has 0 amide bonds. The first-order valence-corrected chi connectivity index (χ1v) is 42.8. The molecular formula is C93H70Cl3F11N18S6. The van der Waals surface area contributed by atoms with Gasteiger partial charge >= 0.3 is 18.5 Å². The minimum atomic E-state index is -4.94. The molecule has 0 aliphatic carbocycles. The lowest BCUT2D eigenvalue weighted by atomic mass is 10.0. The smallest absolute Gasteiger partial charge is 0.296 e. The van der Waals surface area contributed by atoms with Crippen LogP contribution in [0.3, 0.4) is 0 Å². The molecule has 0 aliphatic heterocycles. The lowest BCUT2D eigenvalue weighted by Gasteiger charge is -2.14. The van der Waals surface area contributed by atoms with Crippen LogP contribution in [-0.2, 0) is 57.8 Å². The largest absolute Gasteiger partial charge is 0.416 e. The number of H-pyrrole nitrogens is 6. The normalized spacial score (nSPS) is 11.2. The van der Waals surface area contributed by atoms with Gasteiger partial charge < -0.3 is 0 Å². The van der Waals surface area contributed by atoms with E-state index in [4.69, 9.17) is 108 Å². The van der Waals surface area contributed by atoms with Gasteiger partial charge in [0.15, 0.2) is 63.6 Å². The number of hydrogen-bond donors (Lipinski definition) is 6. The van der Waals surface area contributed by atoms with Crippen LogP contribution in [0.2, 0.25) is 15.1 Å². The summed E-state index contributed by atoms with van der Waals surface area (Å²) in [6.07, 6.45) is -14.3. The number of benzene rings is 12. The lowest BCUT2D eigenvalue weighted by Crippen LogP contribution is -2.12. The van der Waals surface area contributed by atoms with Crippen LogP contribution in [-0.4, -0.2) is 88.6 Å². The Labute approximate surface area is 786 Å². The van der Waals surface area contributed by atoms with Crippen LogP contribution in [0.15, 0.2) is 315 Å². The second-order valence-corrected chi connectivity index (χ2v) is 32.2. The molecule has 6 heterocycles. The maximum atomic E-state index is 13.3. The van der Waals surface area contributed by atoms with Crippen LogP contribution in [0.5, 0.6) is 0 Å². The fourth-order valence-corrected chi connectivity index (χ4v) is 15.1. The third-order valence-electron chi connectivity index (χ3n) is 19.3. The molecule has 18 aromatic rings. The number of halogens is 14. The molecule has 0 saturated carbocycles. The average molecular weight is 1950 g/mol. The first-order chi connectivity index (χ1) is 62.8.